The molecule has 0 amide bonds. The first-order chi connectivity index (χ1) is 7.54. The van der Waals surface area contributed by atoms with Gasteiger partial charge in [0, 0.05) is 11.8 Å². The molecule has 16 heavy (non-hydrogen) atoms. The molecule has 0 bridgehead atoms. The number of rotatable bonds is 3. The van der Waals surface area contributed by atoms with Gasteiger partial charge in [0.2, 0.25) is 0 Å². The minimum atomic E-state index is -3.04. The molecule has 0 spiro atoms. The highest BCUT2D eigenvalue weighted by molar-refractivity contribution is 7.90. The lowest BCUT2D eigenvalue weighted by atomic mass is 10.2. The van der Waals surface area contributed by atoms with Crippen molar-refractivity contribution in [1.29, 1.82) is 0 Å². The second kappa shape index (κ2) is 4.31. The first kappa shape index (κ1) is 11.2. The highest BCUT2D eigenvalue weighted by Crippen LogP contribution is 2.23. The van der Waals surface area contributed by atoms with Crippen LogP contribution < -0.4 is 0 Å². The Balaban J connectivity index is 2.27. The van der Waals surface area contributed by atoms with Gasteiger partial charge in [-0.2, -0.15) is 0 Å². The summed E-state index contributed by atoms with van der Waals surface area (Å²) in [5, 5.41) is 9.12. The van der Waals surface area contributed by atoms with Crippen molar-refractivity contribution in [2.24, 2.45) is 0 Å². The van der Waals surface area contributed by atoms with E-state index < -0.39 is 9.84 Å². The zero-order chi connectivity index (χ0) is 11.6. The van der Waals surface area contributed by atoms with E-state index in [1.165, 1.54) is 17.6 Å². The SMILES string of the molecule is CS(=O)(=O)Cc1nnc(-c2ccccc2)s1. The van der Waals surface area contributed by atoms with Crippen LogP contribution in [0.5, 0.6) is 0 Å². The molecule has 0 radical (unpaired) electrons. The molecule has 84 valence electrons. The maximum atomic E-state index is 11.1. The first-order valence-electron chi connectivity index (χ1n) is 4.60. The number of sulfone groups is 1. The lowest BCUT2D eigenvalue weighted by Gasteiger charge is -1.92. The molecule has 1 aromatic carbocycles. The van der Waals surface area contributed by atoms with Gasteiger partial charge < -0.3 is 0 Å². The Morgan fingerprint density at radius 3 is 2.50 bits per heavy atom. The largest absolute Gasteiger partial charge is 0.229 e. The van der Waals surface area contributed by atoms with Gasteiger partial charge in [0.05, 0.1) is 0 Å². The minimum absolute atomic E-state index is 0.0441. The third-order valence-electron chi connectivity index (χ3n) is 1.87. The van der Waals surface area contributed by atoms with Crippen molar-refractivity contribution in [1.82, 2.24) is 10.2 Å². The predicted octanol–water partition coefficient (Wildman–Crippen LogP) is 1.75. The fourth-order valence-electron chi connectivity index (χ4n) is 1.23. The Bertz CT molecular complexity index is 576. The van der Waals surface area contributed by atoms with E-state index in [4.69, 9.17) is 0 Å². The molecule has 0 atom stereocenters. The van der Waals surface area contributed by atoms with Crippen molar-refractivity contribution in [2.75, 3.05) is 6.26 Å². The summed E-state index contributed by atoms with van der Waals surface area (Å²) in [6.07, 6.45) is 1.19. The Labute approximate surface area is 97.9 Å². The lowest BCUT2D eigenvalue weighted by Crippen LogP contribution is -1.99. The Morgan fingerprint density at radius 1 is 1.19 bits per heavy atom. The Hall–Kier alpha value is -1.27. The number of aromatic nitrogens is 2. The quantitative estimate of drug-likeness (QED) is 0.837. The van der Waals surface area contributed by atoms with E-state index in [9.17, 15) is 8.42 Å². The number of hydrogen-bond donors (Lipinski definition) is 0. The van der Waals surface area contributed by atoms with E-state index in [-0.39, 0.29) is 5.75 Å². The monoisotopic (exact) mass is 254 g/mol. The van der Waals surface area contributed by atoms with Gasteiger partial charge in [-0.15, -0.1) is 10.2 Å². The summed E-state index contributed by atoms with van der Waals surface area (Å²) >= 11 is 1.31. The van der Waals surface area contributed by atoms with Gasteiger partial charge in [-0.3, -0.25) is 0 Å². The molecular formula is C10H10N2O2S2. The van der Waals surface area contributed by atoms with E-state index in [0.717, 1.165) is 10.6 Å². The van der Waals surface area contributed by atoms with Gasteiger partial charge >= 0.3 is 0 Å². The molecule has 4 nitrogen and oxygen atoms in total. The third kappa shape index (κ3) is 2.86. The average molecular weight is 254 g/mol. The zero-order valence-electron chi connectivity index (χ0n) is 8.62. The van der Waals surface area contributed by atoms with Crippen LogP contribution in [0.1, 0.15) is 5.01 Å². The maximum absolute atomic E-state index is 11.1. The smallest absolute Gasteiger partial charge is 0.154 e. The molecule has 0 aliphatic rings. The molecule has 1 heterocycles. The summed E-state index contributed by atoms with van der Waals surface area (Å²) in [5.74, 6) is -0.0441. The molecule has 0 fully saturated rings. The fraction of sp³-hybridized carbons (Fsp3) is 0.200. The summed E-state index contributed by atoms with van der Waals surface area (Å²) in [7, 11) is -3.04. The van der Waals surface area contributed by atoms with E-state index in [0.29, 0.717) is 5.01 Å². The van der Waals surface area contributed by atoms with Crippen molar-refractivity contribution >= 4 is 21.2 Å². The van der Waals surface area contributed by atoms with E-state index in [1.54, 1.807) is 0 Å². The molecule has 0 saturated heterocycles. The summed E-state index contributed by atoms with van der Waals surface area (Å²) < 4.78 is 22.2. The summed E-state index contributed by atoms with van der Waals surface area (Å²) in [6, 6.07) is 9.58. The van der Waals surface area contributed by atoms with Crippen LogP contribution in [0.15, 0.2) is 30.3 Å². The molecule has 0 unspecified atom stereocenters. The van der Waals surface area contributed by atoms with E-state index in [2.05, 4.69) is 10.2 Å². The average Bonchev–Trinajstić information content (AvgIpc) is 2.65. The van der Waals surface area contributed by atoms with E-state index in [1.807, 2.05) is 30.3 Å². The van der Waals surface area contributed by atoms with Crippen LogP contribution in [-0.2, 0) is 15.6 Å². The standard InChI is InChI=1S/C10H10N2O2S2/c1-16(13,14)7-9-11-12-10(15-9)8-5-3-2-4-6-8/h2-6H,7H2,1H3. The molecule has 1 aromatic heterocycles. The summed E-state index contributed by atoms with van der Waals surface area (Å²) in [5.41, 5.74) is 0.958. The molecular weight excluding hydrogens is 244 g/mol. The molecule has 0 N–H and O–H groups in total. The van der Waals surface area contributed by atoms with Crippen LogP contribution in [0.2, 0.25) is 0 Å². The molecule has 0 aliphatic heterocycles. The van der Waals surface area contributed by atoms with Crippen molar-refractivity contribution < 1.29 is 8.42 Å². The predicted molar refractivity (Wildman–Crippen MR) is 63.9 cm³/mol. The van der Waals surface area contributed by atoms with Gasteiger partial charge in [0.25, 0.3) is 0 Å². The molecule has 0 aliphatic carbocycles. The highest BCUT2D eigenvalue weighted by atomic mass is 32.2. The van der Waals surface area contributed by atoms with Crippen LogP contribution in [0, 0.1) is 0 Å². The third-order valence-corrected chi connectivity index (χ3v) is 3.83. The number of nitrogens with zero attached hydrogens (tertiary/aromatic N) is 2. The van der Waals surface area contributed by atoms with Crippen molar-refractivity contribution in [2.45, 2.75) is 5.75 Å². The van der Waals surface area contributed by atoms with Crippen molar-refractivity contribution in [3.63, 3.8) is 0 Å². The summed E-state index contributed by atoms with van der Waals surface area (Å²) in [4.78, 5) is 0. The molecule has 0 saturated carbocycles. The lowest BCUT2D eigenvalue weighted by molar-refractivity contribution is 0.601. The number of benzene rings is 1. The molecule has 6 heteroatoms. The maximum Gasteiger partial charge on any atom is 0.154 e. The fourth-order valence-corrected chi connectivity index (χ4v) is 3.26. The van der Waals surface area contributed by atoms with Crippen molar-refractivity contribution in [3.8, 4) is 10.6 Å². The van der Waals surface area contributed by atoms with Gasteiger partial charge in [0.15, 0.2) is 9.84 Å². The topological polar surface area (TPSA) is 59.9 Å². The van der Waals surface area contributed by atoms with Crippen LogP contribution in [0.3, 0.4) is 0 Å². The minimum Gasteiger partial charge on any atom is -0.229 e. The second-order valence-electron chi connectivity index (χ2n) is 3.44. The first-order valence-corrected chi connectivity index (χ1v) is 7.48. The van der Waals surface area contributed by atoms with Gasteiger partial charge in [0.1, 0.15) is 15.8 Å². The van der Waals surface area contributed by atoms with E-state index >= 15 is 0 Å². The van der Waals surface area contributed by atoms with Crippen LogP contribution in [0.4, 0.5) is 0 Å². The highest BCUT2D eigenvalue weighted by Gasteiger charge is 2.11. The van der Waals surface area contributed by atoms with Gasteiger partial charge in [-0.25, -0.2) is 8.42 Å². The van der Waals surface area contributed by atoms with Crippen LogP contribution in [0.25, 0.3) is 10.6 Å². The Kier molecular flexibility index (Phi) is 3.02. The zero-order valence-corrected chi connectivity index (χ0v) is 10.3. The number of hydrogen-bond acceptors (Lipinski definition) is 5. The normalized spacial score (nSPS) is 11.6. The molecule has 2 rings (SSSR count). The van der Waals surface area contributed by atoms with Crippen molar-refractivity contribution in [3.05, 3.63) is 35.3 Å². The van der Waals surface area contributed by atoms with Crippen LogP contribution >= 0.6 is 11.3 Å². The van der Waals surface area contributed by atoms with Gasteiger partial charge in [-0.1, -0.05) is 41.7 Å². The van der Waals surface area contributed by atoms with Gasteiger partial charge in [-0.05, 0) is 0 Å². The second-order valence-corrected chi connectivity index (χ2v) is 6.64. The molecule has 2 aromatic rings. The Morgan fingerprint density at radius 2 is 1.88 bits per heavy atom. The van der Waals surface area contributed by atoms with Crippen LogP contribution in [-0.4, -0.2) is 24.9 Å². The summed E-state index contributed by atoms with van der Waals surface area (Å²) in [6.45, 7) is 0.